The molecule has 15 aromatic rings. The van der Waals surface area contributed by atoms with Crippen LogP contribution in [0.15, 0.2) is 219 Å². The molecule has 5 aromatic heterocycles. The third kappa shape index (κ3) is 19.9. The summed E-state index contributed by atoms with van der Waals surface area (Å²) < 4.78 is 129. The van der Waals surface area contributed by atoms with Crippen molar-refractivity contribution in [2.24, 2.45) is 35.2 Å². The van der Waals surface area contributed by atoms with Crippen molar-refractivity contribution >= 4 is 0 Å². The predicted octanol–water partition coefficient (Wildman–Crippen LogP) is 28.2. The highest BCUT2D eigenvalue weighted by Gasteiger charge is 2.28. The molecule has 0 aliphatic carbocycles. The minimum Gasteiger partial charge on any atom is -0.201 e. The Morgan fingerprint density at radius 3 is 0.710 bits per heavy atom. The van der Waals surface area contributed by atoms with Crippen LogP contribution in [-0.2, 0) is 35.2 Å². The van der Waals surface area contributed by atoms with Crippen molar-refractivity contribution in [3.8, 4) is 112 Å². The Balaban J connectivity index is 0.000000167. The van der Waals surface area contributed by atoms with Gasteiger partial charge in [-0.15, -0.1) is 0 Å². The number of rotatable bonds is 10. The largest absolute Gasteiger partial charge is 0.213 e. The van der Waals surface area contributed by atoms with Crippen molar-refractivity contribution in [3.05, 3.63) is 380 Å². The molecule has 0 amide bonds. The minimum atomic E-state index is -2.42. The summed E-state index contributed by atoms with van der Waals surface area (Å²) in [6, 6.07) is 63.0. The number of hydrogen-bond donors (Lipinski definition) is 0. The first-order valence-electron chi connectivity index (χ1n) is 50.6. The van der Waals surface area contributed by atoms with Crippen molar-refractivity contribution in [1.29, 1.82) is 0 Å². The SMILES string of the molecule is Cc1ccc(-c2c(C)cc(C)c(-c3cc(C)cc[n+]3C)c2C)c(C)c1.Cc1ccc(-c2c(C)cc(C)c(-c3ccc(C)c[n+]3C)c2C)c(C)c1.Cc1ccc(-c2c(C)cc(C)c(-c3cccc[n+]3C)c2C)c(C)c1.[2H]C([2H])([2H])c1ccc(-c2c(C)cc(C([2H])([2H])[2H])c(-c3cc(C([2H])([2H])[2H])cc[n+]3C)c2C)c(C)c1.[2H]C([2H])([2H])c1ccc(-c2c(C)cc(C([2H])([2H])[2H])c(-c3ccc(C)c[n+]3C)c2C)c(C)c1. The molecule has 124 heavy (non-hydrogen) atoms. The average Bonchev–Trinajstić information content (AvgIpc) is 0.747. The van der Waals surface area contributed by atoms with Crippen molar-refractivity contribution in [3.63, 3.8) is 0 Å². The first-order chi connectivity index (χ1) is 64.6. The molecule has 5 heterocycles. The van der Waals surface area contributed by atoms with Crippen LogP contribution >= 0.6 is 0 Å². The molecule has 0 saturated heterocycles. The molecule has 0 saturated carbocycles. The standard InChI is InChI=1S/4C24H28N.C23H26N/c2*1-15-8-10-21(17(3)12-15)23-18(4)13-19(5)24(20(23)6)22-11-9-16(2)14-25(22)7;2*1-15-8-9-21(17(3)12-15)23-18(4)14-19(5)24(20(23)6)22-13-16(2)10-11-25(22)7;1-15-10-11-20(16(2)13-15)22-17(3)14-18(4)23(19(22)5)21-9-7-8-12-24(21)6/h4*8-14H,1-7H3;7-14H,1-6H3/q5*+1/i1D3,5D3;;1D3,2D3,5D3;;. The molecule has 0 N–H and O–H groups in total. The zero-order valence-corrected chi connectivity index (χ0v) is 79.0. The molecule has 0 fully saturated rings. The molecule has 0 bridgehead atoms. The van der Waals surface area contributed by atoms with Gasteiger partial charge in [-0.1, -0.05) is 149 Å². The molecule has 634 valence electrons. The van der Waals surface area contributed by atoms with Gasteiger partial charge >= 0.3 is 0 Å². The average molecular weight is 1650 g/mol. The quantitative estimate of drug-likeness (QED) is 0.122. The molecule has 15 rings (SSSR count). The van der Waals surface area contributed by atoms with Crippen molar-refractivity contribution in [1.82, 2.24) is 0 Å². The molecule has 5 heteroatoms. The van der Waals surface area contributed by atoms with E-state index in [1.807, 2.05) is 84.5 Å². The van der Waals surface area contributed by atoms with Crippen LogP contribution in [0.25, 0.3) is 112 Å². The van der Waals surface area contributed by atoms with E-state index in [2.05, 4.69) is 286 Å². The minimum absolute atomic E-state index is 0.122. The Kier molecular flexibility index (Phi) is 23.0. The van der Waals surface area contributed by atoms with Gasteiger partial charge in [-0.25, -0.2) is 22.8 Å². The van der Waals surface area contributed by atoms with Crippen LogP contribution in [0.1, 0.15) is 182 Å². The highest BCUT2D eigenvalue weighted by atomic mass is 14.9. The van der Waals surface area contributed by atoms with E-state index in [1.165, 1.54) is 174 Å². The number of aromatic nitrogens is 5. The highest BCUT2D eigenvalue weighted by molar-refractivity contribution is 5.88. The Hall–Kier alpha value is -12.1. The summed E-state index contributed by atoms with van der Waals surface area (Å²) in [5, 5.41) is 0. The van der Waals surface area contributed by atoms with Gasteiger partial charge in [-0.3, -0.25) is 0 Å². The van der Waals surface area contributed by atoms with Gasteiger partial charge < -0.3 is 0 Å². The van der Waals surface area contributed by atoms with E-state index in [1.54, 1.807) is 60.3 Å². The van der Waals surface area contributed by atoms with E-state index in [9.17, 15) is 0 Å². The molecule has 0 radical (unpaired) electrons. The van der Waals surface area contributed by atoms with Gasteiger partial charge in [0.25, 0.3) is 0 Å². The van der Waals surface area contributed by atoms with Gasteiger partial charge in [0.15, 0.2) is 31.0 Å². The summed E-state index contributed by atoms with van der Waals surface area (Å²) in [6.07, 6.45) is 10.1. The number of hydrogen-bond acceptors (Lipinski definition) is 0. The lowest BCUT2D eigenvalue weighted by Gasteiger charge is -2.18. The lowest BCUT2D eigenvalue weighted by molar-refractivity contribution is -0.660. The predicted molar refractivity (Wildman–Crippen MR) is 530 cm³/mol. The summed E-state index contributed by atoms with van der Waals surface area (Å²) in [7, 11) is 10.0. The number of pyridine rings is 5. The lowest BCUT2D eigenvalue weighted by Crippen LogP contribution is -2.31. The molecule has 0 unspecified atom stereocenters. The van der Waals surface area contributed by atoms with Gasteiger partial charge in [0.05, 0.1) is 27.8 Å². The molecule has 5 nitrogen and oxygen atoms in total. The summed E-state index contributed by atoms with van der Waals surface area (Å²) in [6.45, 7) is 39.4. The van der Waals surface area contributed by atoms with Crippen LogP contribution < -0.4 is 22.8 Å². The van der Waals surface area contributed by atoms with E-state index in [0.29, 0.717) is 33.5 Å². The monoisotopic (exact) mass is 1650 g/mol. The number of benzene rings is 10. The van der Waals surface area contributed by atoms with Gasteiger partial charge in [-0.05, 0) is 397 Å². The Labute approximate surface area is 767 Å². The van der Waals surface area contributed by atoms with Crippen LogP contribution in [0.3, 0.4) is 0 Å². The van der Waals surface area contributed by atoms with E-state index in [4.69, 9.17) is 20.6 Å². The normalized spacial score (nSPS) is 13.3. The van der Waals surface area contributed by atoms with Gasteiger partial charge in [-0.2, -0.15) is 0 Å². The fourth-order valence-electron chi connectivity index (χ4n) is 19.1. The summed E-state index contributed by atoms with van der Waals surface area (Å²) >= 11 is 0. The number of nitrogens with zero attached hydrogens (tertiary/aromatic N) is 5. The second-order valence-electron chi connectivity index (χ2n) is 35.1. The summed E-state index contributed by atoms with van der Waals surface area (Å²) in [5.74, 6) is 0. The molecule has 0 atom stereocenters. The first-order valence-corrected chi connectivity index (χ1v) is 43.1. The van der Waals surface area contributed by atoms with Crippen LogP contribution in [-0.4, -0.2) is 0 Å². The summed E-state index contributed by atoms with van der Waals surface area (Å²) in [4.78, 5) is 0. The molecule has 0 aliphatic rings. The Morgan fingerprint density at radius 2 is 0.403 bits per heavy atom. The van der Waals surface area contributed by atoms with Gasteiger partial charge in [0, 0.05) is 80.2 Å². The molecular formula is C119H138N5+5. The van der Waals surface area contributed by atoms with Crippen molar-refractivity contribution in [2.75, 3.05) is 0 Å². The maximum atomic E-state index is 8.17. The molecule has 0 aliphatic heterocycles. The third-order valence-corrected chi connectivity index (χ3v) is 24.8. The number of aryl methyl sites for hydroxylation is 29. The third-order valence-electron chi connectivity index (χ3n) is 24.8. The van der Waals surface area contributed by atoms with E-state index in [0.717, 1.165) is 61.3 Å². The van der Waals surface area contributed by atoms with E-state index < -0.39 is 34.3 Å². The highest BCUT2D eigenvalue weighted by Crippen LogP contribution is 2.44. The second kappa shape index (κ2) is 38.8. The van der Waals surface area contributed by atoms with Crippen molar-refractivity contribution < 1.29 is 43.4 Å². The van der Waals surface area contributed by atoms with Crippen LogP contribution in [0, 0.1) is 200 Å². The van der Waals surface area contributed by atoms with Gasteiger partial charge in [0.2, 0.25) is 28.5 Å². The Morgan fingerprint density at radius 1 is 0.169 bits per heavy atom. The fourth-order valence-corrected chi connectivity index (χ4v) is 19.1. The zero-order chi connectivity index (χ0) is 103. The molecular weight excluding hydrogens is 1500 g/mol. The van der Waals surface area contributed by atoms with Crippen LogP contribution in [0.2, 0.25) is 0 Å². The fraction of sp³-hybridized carbons (Fsp3) is 0.286. The smallest absolute Gasteiger partial charge is 0.201 e. The second-order valence-corrected chi connectivity index (χ2v) is 35.1. The first kappa shape index (κ1) is 73.5. The topological polar surface area (TPSA) is 19.4 Å². The van der Waals surface area contributed by atoms with Gasteiger partial charge in [0.1, 0.15) is 35.2 Å². The maximum absolute atomic E-state index is 8.17. The summed E-state index contributed by atoms with van der Waals surface area (Å²) in [5.41, 5.74) is 51.6. The zero-order valence-electron chi connectivity index (χ0n) is 94.0. The maximum Gasteiger partial charge on any atom is 0.213 e. The van der Waals surface area contributed by atoms with Crippen LogP contribution in [0.4, 0.5) is 0 Å². The lowest BCUT2D eigenvalue weighted by atomic mass is 9.86. The van der Waals surface area contributed by atoms with E-state index in [-0.39, 0.29) is 16.7 Å². The van der Waals surface area contributed by atoms with Crippen molar-refractivity contribution in [2.45, 2.75) is 200 Å². The molecule has 0 spiro atoms. The van der Waals surface area contributed by atoms with E-state index >= 15 is 0 Å². The van der Waals surface area contributed by atoms with Crippen LogP contribution in [0.5, 0.6) is 0 Å². The molecule has 10 aromatic carbocycles. The Bertz CT molecular complexity index is 7180.